The van der Waals surface area contributed by atoms with Crippen molar-refractivity contribution in [2.45, 2.75) is 44.7 Å². The number of hydrogen-bond donors (Lipinski definition) is 2. The van der Waals surface area contributed by atoms with Gasteiger partial charge < -0.3 is 10.6 Å². The van der Waals surface area contributed by atoms with E-state index in [2.05, 4.69) is 10.6 Å². The number of rotatable bonds is 6. The van der Waals surface area contributed by atoms with E-state index in [0.29, 0.717) is 25.6 Å². The SMILES string of the molecule is O=C(CCNCc1ccc(F)cc1)NC1CCCC1. The minimum absolute atomic E-state index is 0.124. The molecule has 0 spiro atoms. The van der Waals surface area contributed by atoms with E-state index < -0.39 is 0 Å². The van der Waals surface area contributed by atoms with Gasteiger partial charge in [0.1, 0.15) is 5.82 Å². The molecule has 1 aromatic carbocycles. The van der Waals surface area contributed by atoms with Crippen molar-refractivity contribution >= 4 is 5.91 Å². The van der Waals surface area contributed by atoms with Crippen LogP contribution in [-0.2, 0) is 11.3 Å². The Hall–Kier alpha value is -1.42. The van der Waals surface area contributed by atoms with E-state index in [-0.39, 0.29) is 11.7 Å². The molecule has 0 unspecified atom stereocenters. The Bertz CT molecular complexity index is 399. The standard InChI is InChI=1S/C15H21FN2O/c16-13-7-5-12(6-8-13)11-17-10-9-15(19)18-14-3-1-2-4-14/h5-8,14,17H,1-4,9-11H2,(H,18,19). The highest BCUT2D eigenvalue weighted by molar-refractivity contribution is 5.76. The molecule has 1 aliphatic rings. The molecule has 0 heterocycles. The molecule has 0 bridgehead atoms. The van der Waals surface area contributed by atoms with Gasteiger partial charge in [0.15, 0.2) is 0 Å². The molecule has 0 aromatic heterocycles. The van der Waals surface area contributed by atoms with Crippen molar-refractivity contribution in [3.05, 3.63) is 35.6 Å². The number of carbonyl (C=O) groups is 1. The quantitative estimate of drug-likeness (QED) is 0.774. The highest BCUT2D eigenvalue weighted by Gasteiger charge is 2.16. The van der Waals surface area contributed by atoms with Gasteiger partial charge in [0.2, 0.25) is 5.91 Å². The summed E-state index contributed by atoms with van der Waals surface area (Å²) in [6.07, 6.45) is 5.20. The van der Waals surface area contributed by atoms with Crippen molar-refractivity contribution in [2.24, 2.45) is 0 Å². The molecule has 2 rings (SSSR count). The van der Waals surface area contributed by atoms with Crippen LogP contribution in [0.3, 0.4) is 0 Å². The monoisotopic (exact) mass is 264 g/mol. The second kappa shape index (κ2) is 7.24. The van der Waals surface area contributed by atoms with Gasteiger partial charge in [0.05, 0.1) is 0 Å². The lowest BCUT2D eigenvalue weighted by Crippen LogP contribution is -2.34. The third kappa shape index (κ3) is 4.99. The molecule has 0 radical (unpaired) electrons. The molecular formula is C15H21FN2O. The molecule has 4 heteroatoms. The fourth-order valence-electron chi connectivity index (χ4n) is 2.41. The highest BCUT2D eigenvalue weighted by atomic mass is 19.1. The third-order valence-corrected chi connectivity index (χ3v) is 3.49. The van der Waals surface area contributed by atoms with Crippen LogP contribution < -0.4 is 10.6 Å². The summed E-state index contributed by atoms with van der Waals surface area (Å²) in [5.74, 6) is -0.0989. The van der Waals surface area contributed by atoms with Gasteiger partial charge in [-0.25, -0.2) is 4.39 Å². The van der Waals surface area contributed by atoms with E-state index in [1.165, 1.54) is 25.0 Å². The van der Waals surface area contributed by atoms with Crippen LogP contribution >= 0.6 is 0 Å². The summed E-state index contributed by atoms with van der Waals surface area (Å²) in [4.78, 5) is 11.7. The van der Waals surface area contributed by atoms with E-state index >= 15 is 0 Å². The summed E-state index contributed by atoms with van der Waals surface area (Å²) < 4.78 is 12.7. The van der Waals surface area contributed by atoms with Crippen LogP contribution in [0.4, 0.5) is 4.39 Å². The molecule has 1 fully saturated rings. The third-order valence-electron chi connectivity index (χ3n) is 3.49. The average molecular weight is 264 g/mol. The molecular weight excluding hydrogens is 243 g/mol. The normalized spacial score (nSPS) is 15.6. The summed E-state index contributed by atoms with van der Waals surface area (Å²) in [5.41, 5.74) is 1.03. The smallest absolute Gasteiger partial charge is 0.221 e. The molecule has 1 amide bonds. The first-order chi connectivity index (χ1) is 9.24. The average Bonchev–Trinajstić information content (AvgIpc) is 2.89. The lowest BCUT2D eigenvalue weighted by Gasteiger charge is -2.12. The first-order valence-corrected chi connectivity index (χ1v) is 6.98. The predicted octanol–water partition coefficient (Wildman–Crippen LogP) is 2.36. The van der Waals surface area contributed by atoms with Crippen LogP contribution in [-0.4, -0.2) is 18.5 Å². The summed E-state index contributed by atoms with van der Waals surface area (Å²) in [6.45, 7) is 1.31. The van der Waals surface area contributed by atoms with E-state index in [1.807, 2.05) is 0 Å². The van der Waals surface area contributed by atoms with Crippen LogP contribution in [0.25, 0.3) is 0 Å². The van der Waals surface area contributed by atoms with Gasteiger partial charge in [-0.15, -0.1) is 0 Å². The summed E-state index contributed by atoms with van der Waals surface area (Å²) in [6, 6.07) is 6.79. The molecule has 2 N–H and O–H groups in total. The maximum Gasteiger partial charge on any atom is 0.221 e. The Morgan fingerprint density at radius 1 is 1.21 bits per heavy atom. The number of amides is 1. The van der Waals surface area contributed by atoms with Crippen molar-refractivity contribution in [2.75, 3.05) is 6.54 Å². The molecule has 1 aromatic rings. The Morgan fingerprint density at radius 3 is 2.58 bits per heavy atom. The Labute approximate surface area is 113 Å². The summed E-state index contributed by atoms with van der Waals surface area (Å²) in [5, 5.41) is 6.25. The molecule has 0 aliphatic heterocycles. The number of benzene rings is 1. The van der Waals surface area contributed by atoms with Gasteiger partial charge in [-0.3, -0.25) is 4.79 Å². The summed E-state index contributed by atoms with van der Waals surface area (Å²) in [7, 11) is 0. The molecule has 19 heavy (non-hydrogen) atoms. The first-order valence-electron chi connectivity index (χ1n) is 6.98. The maximum atomic E-state index is 12.7. The van der Waals surface area contributed by atoms with Crippen LogP contribution in [0.2, 0.25) is 0 Å². The van der Waals surface area contributed by atoms with Gasteiger partial charge in [-0.1, -0.05) is 25.0 Å². The zero-order valence-corrected chi connectivity index (χ0v) is 11.1. The van der Waals surface area contributed by atoms with Gasteiger partial charge in [0.25, 0.3) is 0 Å². The number of hydrogen-bond acceptors (Lipinski definition) is 2. The van der Waals surface area contributed by atoms with E-state index in [9.17, 15) is 9.18 Å². The van der Waals surface area contributed by atoms with Crippen molar-refractivity contribution in [3.63, 3.8) is 0 Å². The lowest BCUT2D eigenvalue weighted by molar-refractivity contribution is -0.121. The van der Waals surface area contributed by atoms with E-state index in [0.717, 1.165) is 18.4 Å². The van der Waals surface area contributed by atoms with Gasteiger partial charge in [0, 0.05) is 25.6 Å². The molecule has 1 saturated carbocycles. The number of halogens is 1. The first kappa shape index (κ1) is 14.0. The summed E-state index contributed by atoms with van der Waals surface area (Å²) >= 11 is 0. The Kier molecular flexibility index (Phi) is 5.33. The van der Waals surface area contributed by atoms with Crippen LogP contribution in [0, 0.1) is 5.82 Å². The van der Waals surface area contributed by atoms with Gasteiger partial charge in [-0.05, 0) is 30.5 Å². The van der Waals surface area contributed by atoms with Crippen molar-refractivity contribution in [3.8, 4) is 0 Å². The predicted molar refractivity (Wildman–Crippen MR) is 73.1 cm³/mol. The van der Waals surface area contributed by atoms with E-state index in [4.69, 9.17) is 0 Å². The fraction of sp³-hybridized carbons (Fsp3) is 0.533. The van der Waals surface area contributed by atoms with Gasteiger partial charge in [-0.2, -0.15) is 0 Å². The van der Waals surface area contributed by atoms with Crippen LogP contribution in [0.5, 0.6) is 0 Å². The number of nitrogens with one attached hydrogen (secondary N) is 2. The second-order valence-electron chi connectivity index (χ2n) is 5.10. The van der Waals surface area contributed by atoms with Gasteiger partial charge >= 0.3 is 0 Å². The zero-order valence-electron chi connectivity index (χ0n) is 11.1. The van der Waals surface area contributed by atoms with Crippen molar-refractivity contribution in [1.82, 2.24) is 10.6 Å². The lowest BCUT2D eigenvalue weighted by atomic mass is 10.2. The largest absolute Gasteiger partial charge is 0.353 e. The molecule has 1 aliphatic carbocycles. The van der Waals surface area contributed by atoms with Crippen molar-refractivity contribution in [1.29, 1.82) is 0 Å². The fourth-order valence-corrected chi connectivity index (χ4v) is 2.41. The van der Waals surface area contributed by atoms with Crippen molar-refractivity contribution < 1.29 is 9.18 Å². The topological polar surface area (TPSA) is 41.1 Å². The van der Waals surface area contributed by atoms with Crippen LogP contribution in [0.1, 0.15) is 37.7 Å². The minimum Gasteiger partial charge on any atom is -0.353 e. The van der Waals surface area contributed by atoms with Crippen LogP contribution in [0.15, 0.2) is 24.3 Å². The zero-order chi connectivity index (χ0) is 13.5. The molecule has 0 saturated heterocycles. The molecule has 3 nitrogen and oxygen atoms in total. The second-order valence-corrected chi connectivity index (χ2v) is 5.10. The highest BCUT2D eigenvalue weighted by Crippen LogP contribution is 2.17. The number of carbonyl (C=O) groups excluding carboxylic acids is 1. The molecule has 0 atom stereocenters. The minimum atomic E-state index is -0.223. The Morgan fingerprint density at radius 2 is 1.89 bits per heavy atom. The Balaban J connectivity index is 1.58. The maximum absolute atomic E-state index is 12.7. The van der Waals surface area contributed by atoms with E-state index in [1.54, 1.807) is 12.1 Å². The molecule has 104 valence electrons.